The van der Waals surface area contributed by atoms with Crippen molar-refractivity contribution >= 4 is 16.1 Å². The van der Waals surface area contributed by atoms with Crippen molar-refractivity contribution in [3.8, 4) is 0 Å². The first kappa shape index (κ1) is 11.1. The fourth-order valence-electron chi connectivity index (χ4n) is 0.512. The van der Waals surface area contributed by atoms with E-state index in [0.29, 0.717) is 0 Å². The zero-order valence-corrected chi connectivity index (χ0v) is 7.34. The predicted octanol–water partition coefficient (Wildman–Crippen LogP) is 0.295. The molecule has 0 saturated heterocycles. The summed E-state index contributed by atoms with van der Waals surface area (Å²) in [6, 6.07) is 0. The van der Waals surface area contributed by atoms with Crippen LogP contribution in [0.15, 0.2) is 11.6 Å². The average molecular weight is 194 g/mol. The molecular weight excluding hydrogens is 184 g/mol. The Balaban J connectivity index is 4.00. The predicted molar refractivity (Wildman–Crippen MR) is 42.4 cm³/mol. The Hall–Kier alpha value is -0.880. The number of carboxylic acid groups (broad SMARTS) is 1. The number of allylic oxidation sites excluding steroid dienone is 1. The summed E-state index contributed by atoms with van der Waals surface area (Å²) in [6.07, 6.45) is 1.26. The lowest BCUT2D eigenvalue weighted by atomic mass is 10.2. The first-order valence-electron chi connectivity index (χ1n) is 3.18. The van der Waals surface area contributed by atoms with Crippen LogP contribution >= 0.6 is 0 Å². The second-order valence-corrected chi connectivity index (χ2v) is 3.84. The molecule has 0 aliphatic rings. The molecule has 12 heavy (non-hydrogen) atoms. The van der Waals surface area contributed by atoms with Crippen LogP contribution in [-0.2, 0) is 14.9 Å². The molecule has 0 atom stereocenters. The van der Waals surface area contributed by atoms with E-state index in [0.717, 1.165) is 0 Å². The van der Waals surface area contributed by atoms with Gasteiger partial charge in [-0.25, -0.2) is 4.79 Å². The van der Waals surface area contributed by atoms with Gasteiger partial charge in [-0.1, -0.05) is 6.08 Å². The average Bonchev–Trinajstić information content (AvgIpc) is 1.84. The molecule has 70 valence electrons. The minimum absolute atomic E-state index is 0.0109. The topological polar surface area (TPSA) is 91.7 Å². The summed E-state index contributed by atoms with van der Waals surface area (Å²) < 4.78 is 28.6. The molecule has 0 aliphatic carbocycles. The Kier molecular flexibility index (Phi) is 3.91. The molecule has 0 radical (unpaired) electrons. The lowest BCUT2D eigenvalue weighted by Gasteiger charge is -1.93. The van der Waals surface area contributed by atoms with E-state index in [1.165, 1.54) is 13.0 Å². The van der Waals surface area contributed by atoms with Crippen LogP contribution in [-0.4, -0.2) is 29.8 Å². The number of hydrogen-bond acceptors (Lipinski definition) is 3. The number of rotatable bonds is 4. The summed E-state index contributed by atoms with van der Waals surface area (Å²) >= 11 is 0. The van der Waals surface area contributed by atoms with Gasteiger partial charge in [-0.2, -0.15) is 8.42 Å². The minimum atomic E-state index is -3.98. The largest absolute Gasteiger partial charge is 0.478 e. The minimum Gasteiger partial charge on any atom is -0.478 e. The third-order valence-corrected chi connectivity index (χ3v) is 1.92. The number of carboxylic acids is 1. The molecule has 0 aromatic carbocycles. The Bertz CT molecular complexity index is 287. The maximum atomic E-state index is 10.2. The number of aliphatic carboxylic acids is 1. The second kappa shape index (κ2) is 4.22. The lowest BCUT2D eigenvalue weighted by molar-refractivity contribution is -0.132. The third-order valence-electron chi connectivity index (χ3n) is 1.16. The van der Waals surface area contributed by atoms with Crippen LogP contribution in [0, 0.1) is 0 Å². The summed E-state index contributed by atoms with van der Waals surface area (Å²) in [6.45, 7) is 1.35. The highest BCUT2D eigenvalue weighted by molar-refractivity contribution is 7.85. The molecule has 0 heterocycles. The van der Waals surface area contributed by atoms with Gasteiger partial charge in [0.15, 0.2) is 0 Å². The van der Waals surface area contributed by atoms with Crippen molar-refractivity contribution in [2.24, 2.45) is 0 Å². The molecule has 0 aliphatic heterocycles. The van der Waals surface area contributed by atoms with Crippen molar-refractivity contribution < 1.29 is 22.9 Å². The molecule has 0 aromatic rings. The highest BCUT2D eigenvalue weighted by atomic mass is 32.2. The Morgan fingerprint density at radius 2 is 2.00 bits per heavy atom. The fourth-order valence-corrected chi connectivity index (χ4v) is 0.927. The van der Waals surface area contributed by atoms with Crippen molar-refractivity contribution in [1.29, 1.82) is 0 Å². The number of carbonyl (C=O) groups is 1. The highest BCUT2D eigenvalue weighted by Crippen LogP contribution is 1.97. The zero-order valence-electron chi connectivity index (χ0n) is 6.52. The van der Waals surface area contributed by atoms with Crippen molar-refractivity contribution in [3.63, 3.8) is 0 Å². The van der Waals surface area contributed by atoms with Crippen molar-refractivity contribution in [2.45, 2.75) is 13.3 Å². The molecule has 0 amide bonds. The first-order valence-corrected chi connectivity index (χ1v) is 4.79. The van der Waals surface area contributed by atoms with E-state index in [4.69, 9.17) is 9.66 Å². The molecule has 0 aromatic heterocycles. The quantitative estimate of drug-likeness (QED) is 0.496. The first-order chi connectivity index (χ1) is 5.33. The van der Waals surface area contributed by atoms with E-state index in [1.807, 2.05) is 0 Å². The van der Waals surface area contributed by atoms with Crippen LogP contribution in [0.2, 0.25) is 0 Å². The van der Waals surface area contributed by atoms with Gasteiger partial charge in [0.25, 0.3) is 10.1 Å². The Labute approximate surface area is 70.5 Å². The molecule has 2 N–H and O–H groups in total. The van der Waals surface area contributed by atoms with Gasteiger partial charge in [0.05, 0.1) is 5.75 Å². The van der Waals surface area contributed by atoms with E-state index in [1.54, 1.807) is 0 Å². The van der Waals surface area contributed by atoms with E-state index in [9.17, 15) is 13.2 Å². The van der Waals surface area contributed by atoms with Gasteiger partial charge in [0, 0.05) is 5.57 Å². The summed E-state index contributed by atoms with van der Waals surface area (Å²) in [5.74, 6) is -1.54. The van der Waals surface area contributed by atoms with Gasteiger partial charge >= 0.3 is 5.97 Å². The lowest BCUT2D eigenvalue weighted by Crippen LogP contribution is -2.03. The summed E-state index contributed by atoms with van der Waals surface area (Å²) in [4.78, 5) is 10.2. The van der Waals surface area contributed by atoms with Crippen molar-refractivity contribution in [3.05, 3.63) is 11.6 Å². The molecule has 0 bridgehead atoms. The van der Waals surface area contributed by atoms with Gasteiger partial charge < -0.3 is 5.11 Å². The Morgan fingerprint density at radius 1 is 1.50 bits per heavy atom. The van der Waals surface area contributed by atoms with Gasteiger partial charge in [-0.05, 0) is 13.3 Å². The fraction of sp³-hybridized carbons (Fsp3) is 0.500. The van der Waals surface area contributed by atoms with Crippen LogP contribution in [0.4, 0.5) is 0 Å². The van der Waals surface area contributed by atoms with Crippen molar-refractivity contribution in [2.75, 3.05) is 5.75 Å². The van der Waals surface area contributed by atoms with E-state index < -0.39 is 21.8 Å². The van der Waals surface area contributed by atoms with Crippen LogP contribution < -0.4 is 0 Å². The summed E-state index contributed by atoms with van der Waals surface area (Å²) in [5.41, 5.74) is 0.0682. The zero-order chi connectivity index (χ0) is 9.78. The third kappa shape index (κ3) is 5.87. The maximum Gasteiger partial charge on any atom is 0.330 e. The summed E-state index contributed by atoms with van der Waals surface area (Å²) in [5, 5.41) is 8.33. The monoisotopic (exact) mass is 194 g/mol. The van der Waals surface area contributed by atoms with Gasteiger partial charge in [-0.15, -0.1) is 0 Å². The molecule has 0 rings (SSSR count). The molecule has 5 nitrogen and oxygen atoms in total. The van der Waals surface area contributed by atoms with Crippen LogP contribution in [0.1, 0.15) is 13.3 Å². The van der Waals surface area contributed by atoms with E-state index >= 15 is 0 Å². The van der Waals surface area contributed by atoms with Gasteiger partial charge in [-0.3, -0.25) is 4.55 Å². The molecule has 0 spiro atoms. The smallest absolute Gasteiger partial charge is 0.330 e. The SMILES string of the molecule is C/C(=C\CCS(=O)(=O)O)C(=O)O. The van der Waals surface area contributed by atoms with E-state index in [2.05, 4.69) is 0 Å². The number of hydrogen-bond donors (Lipinski definition) is 2. The molecule has 0 fully saturated rings. The summed E-state index contributed by atoms with van der Waals surface area (Å²) in [7, 11) is -3.98. The molecular formula is C6H10O5S. The van der Waals surface area contributed by atoms with Crippen LogP contribution in [0.25, 0.3) is 0 Å². The standard InChI is InChI=1S/C6H10O5S/c1-5(6(7)8)3-2-4-12(9,10)11/h3H,2,4H2,1H3,(H,7,8)(H,9,10,11)/b5-3+. The Morgan fingerprint density at radius 3 is 2.33 bits per heavy atom. The van der Waals surface area contributed by atoms with Gasteiger partial charge in [0.2, 0.25) is 0 Å². The van der Waals surface area contributed by atoms with Crippen LogP contribution in [0.5, 0.6) is 0 Å². The normalized spacial score (nSPS) is 13.0. The molecule has 6 heteroatoms. The van der Waals surface area contributed by atoms with Crippen molar-refractivity contribution in [1.82, 2.24) is 0 Å². The maximum absolute atomic E-state index is 10.2. The molecule has 0 saturated carbocycles. The van der Waals surface area contributed by atoms with E-state index in [-0.39, 0.29) is 12.0 Å². The molecule has 0 unspecified atom stereocenters. The van der Waals surface area contributed by atoms with Crippen LogP contribution in [0.3, 0.4) is 0 Å². The van der Waals surface area contributed by atoms with Gasteiger partial charge in [0.1, 0.15) is 0 Å². The second-order valence-electron chi connectivity index (χ2n) is 2.27. The highest BCUT2D eigenvalue weighted by Gasteiger charge is 2.03.